The van der Waals surface area contributed by atoms with E-state index in [9.17, 15) is 0 Å². The van der Waals surface area contributed by atoms with Crippen molar-refractivity contribution in [1.29, 1.82) is 0 Å². The Balaban J connectivity index is 1.92. The first-order valence-corrected chi connectivity index (χ1v) is 7.31. The van der Waals surface area contributed by atoms with Crippen molar-refractivity contribution in [2.75, 3.05) is 50.5 Å². The topological polar surface area (TPSA) is 54.6 Å². The van der Waals surface area contributed by atoms with Gasteiger partial charge in [0.05, 0.1) is 6.61 Å². The molecule has 6 heteroatoms. The first-order chi connectivity index (χ1) is 8.72. The summed E-state index contributed by atoms with van der Waals surface area (Å²) in [6.45, 7) is 7.14. The van der Waals surface area contributed by atoms with Crippen LogP contribution in [-0.2, 0) is 0 Å². The lowest BCUT2D eigenvalue weighted by Crippen LogP contribution is -2.31. The van der Waals surface area contributed by atoms with Gasteiger partial charge in [-0.15, -0.1) is 0 Å². The number of ether oxygens (including phenoxy) is 1. The lowest BCUT2D eigenvalue weighted by molar-refractivity contribution is 0.338. The van der Waals surface area contributed by atoms with E-state index in [-0.39, 0.29) is 0 Å². The molecule has 0 radical (unpaired) electrons. The monoisotopic (exact) mass is 270 g/mol. The lowest BCUT2D eigenvalue weighted by atomic mass is 10.4. The number of anilines is 2. The SMILES string of the molecule is CCOc1c(N)nsc1N(C)CCN1CCCC1. The first kappa shape index (κ1) is 13.4. The number of rotatable bonds is 6. The maximum atomic E-state index is 5.82. The van der Waals surface area contributed by atoms with Gasteiger partial charge in [-0.05, 0) is 44.4 Å². The van der Waals surface area contributed by atoms with E-state index in [0.717, 1.165) is 23.8 Å². The summed E-state index contributed by atoms with van der Waals surface area (Å²) in [5.74, 6) is 1.25. The Labute approximate surface area is 113 Å². The smallest absolute Gasteiger partial charge is 0.197 e. The molecular formula is C12H22N4OS. The summed E-state index contributed by atoms with van der Waals surface area (Å²) in [4.78, 5) is 4.69. The summed E-state index contributed by atoms with van der Waals surface area (Å²) >= 11 is 1.41. The quantitative estimate of drug-likeness (QED) is 0.852. The number of nitrogen functional groups attached to an aromatic ring is 1. The summed E-state index contributed by atoms with van der Waals surface area (Å²) < 4.78 is 9.74. The fourth-order valence-electron chi connectivity index (χ4n) is 2.21. The van der Waals surface area contributed by atoms with Crippen molar-refractivity contribution < 1.29 is 4.74 Å². The molecule has 0 aliphatic carbocycles. The number of hydrogen-bond acceptors (Lipinski definition) is 6. The van der Waals surface area contributed by atoms with Gasteiger partial charge in [0.25, 0.3) is 0 Å². The van der Waals surface area contributed by atoms with Crippen LogP contribution in [0.4, 0.5) is 10.8 Å². The summed E-state index contributed by atoms with van der Waals surface area (Å²) in [6, 6.07) is 0. The molecule has 1 aliphatic heterocycles. The molecule has 1 aromatic rings. The van der Waals surface area contributed by atoms with Crippen LogP contribution in [-0.4, -0.2) is 49.1 Å². The zero-order chi connectivity index (χ0) is 13.0. The molecule has 0 saturated carbocycles. The van der Waals surface area contributed by atoms with E-state index >= 15 is 0 Å². The number of nitrogens with zero attached hydrogens (tertiary/aromatic N) is 3. The molecule has 0 atom stereocenters. The molecule has 18 heavy (non-hydrogen) atoms. The Hall–Kier alpha value is -1.01. The number of hydrogen-bond donors (Lipinski definition) is 1. The molecule has 0 spiro atoms. The van der Waals surface area contributed by atoms with Crippen molar-refractivity contribution in [1.82, 2.24) is 9.27 Å². The summed E-state index contributed by atoms with van der Waals surface area (Å²) in [5.41, 5.74) is 5.82. The van der Waals surface area contributed by atoms with Gasteiger partial charge in [-0.1, -0.05) is 0 Å². The van der Waals surface area contributed by atoms with Crippen molar-refractivity contribution >= 4 is 22.4 Å². The number of likely N-dealkylation sites (tertiary alicyclic amines) is 1. The Morgan fingerprint density at radius 2 is 2.17 bits per heavy atom. The van der Waals surface area contributed by atoms with Crippen LogP contribution in [0.1, 0.15) is 19.8 Å². The maximum Gasteiger partial charge on any atom is 0.197 e. The minimum Gasteiger partial charge on any atom is -0.487 e. The molecule has 1 saturated heterocycles. The molecule has 0 amide bonds. The van der Waals surface area contributed by atoms with Crippen LogP contribution in [0.5, 0.6) is 5.75 Å². The second kappa shape index (κ2) is 6.24. The summed E-state index contributed by atoms with van der Waals surface area (Å²) in [7, 11) is 2.07. The predicted octanol–water partition coefficient (Wildman–Crippen LogP) is 1.66. The van der Waals surface area contributed by atoms with Crippen LogP contribution in [0.25, 0.3) is 0 Å². The van der Waals surface area contributed by atoms with Crippen LogP contribution < -0.4 is 15.4 Å². The third-order valence-electron chi connectivity index (χ3n) is 3.24. The molecule has 1 aromatic heterocycles. The maximum absolute atomic E-state index is 5.82. The van der Waals surface area contributed by atoms with Crippen LogP contribution in [0.15, 0.2) is 0 Å². The third-order valence-corrected chi connectivity index (χ3v) is 4.20. The van der Waals surface area contributed by atoms with Gasteiger partial charge in [0.2, 0.25) is 0 Å². The van der Waals surface area contributed by atoms with Crippen LogP contribution in [0.2, 0.25) is 0 Å². The van der Waals surface area contributed by atoms with Gasteiger partial charge in [0, 0.05) is 20.1 Å². The molecule has 102 valence electrons. The van der Waals surface area contributed by atoms with Crippen molar-refractivity contribution in [3.05, 3.63) is 0 Å². The second-order valence-electron chi connectivity index (χ2n) is 4.61. The average Bonchev–Trinajstić information content (AvgIpc) is 2.98. The molecular weight excluding hydrogens is 248 g/mol. The molecule has 2 heterocycles. The van der Waals surface area contributed by atoms with E-state index < -0.39 is 0 Å². The van der Waals surface area contributed by atoms with Crippen LogP contribution in [0.3, 0.4) is 0 Å². The third kappa shape index (κ3) is 3.05. The largest absolute Gasteiger partial charge is 0.487 e. The normalized spacial score (nSPS) is 16.1. The van der Waals surface area contributed by atoms with Gasteiger partial charge in [-0.25, -0.2) is 0 Å². The first-order valence-electron chi connectivity index (χ1n) is 6.53. The van der Waals surface area contributed by atoms with Crippen LogP contribution in [0, 0.1) is 0 Å². The molecule has 2 N–H and O–H groups in total. The zero-order valence-electron chi connectivity index (χ0n) is 11.2. The van der Waals surface area contributed by atoms with Crippen molar-refractivity contribution in [2.45, 2.75) is 19.8 Å². The van der Waals surface area contributed by atoms with E-state index in [0.29, 0.717) is 12.4 Å². The highest BCUT2D eigenvalue weighted by Gasteiger charge is 2.18. The molecule has 2 rings (SSSR count). The Morgan fingerprint density at radius 3 is 2.83 bits per heavy atom. The fourth-order valence-corrected chi connectivity index (χ4v) is 2.95. The Bertz CT molecular complexity index is 376. The van der Waals surface area contributed by atoms with Gasteiger partial charge in [0.15, 0.2) is 16.6 Å². The minimum absolute atomic E-state index is 0.505. The molecule has 5 nitrogen and oxygen atoms in total. The molecule has 1 fully saturated rings. The van der Waals surface area contributed by atoms with Gasteiger partial charge in [-0.2, -0.15) is 4.37 Å². The highest BCUT2D eigenvalue weighted by molar-refractivity contribution is 7.11. The fraction of sp³-hybridized carbons (Fsp3) is 0.750. The number of likely N-dealkylation sites (N-methyl/N-ethyl adjacent to an activating group) is 1. The van der Waals surface area contributed by atoms with E-state index in [1.165, 1.54) is 37.5 Å². The average molecular weight is 270 g/mol. The highest BCUT2D eigenvalue weighted by Crippen LogP contribution is 2.37. The summed E-state index contributed by atoms with van der Waals surface area (Å²) in [6.07, 6.45) is 2.67. The number of aromatic nitrogens is 1. The minimum atomic E-state index is 0.505. The van der Waals surface area contributed by atoms with Crippen molar-refractivity contribution in [2.24, 2.45) is 0 Å². The van der Waals surface area contributed by atoms with Crippen LogP contribution >= 0.6 is 11.5 Å². The predicted molar refractivity (Wildman–Crippen MR) is 76.6 cm³/mol. The van der Waals surface area contributed by atoms with Crippen molar-refractivity contribution in [3.63, 3.8) is 0 Å². The molecule has 0 unspecified atom stereocenters. The highest BCUT2D eigenvalue weighted by atomic mass is 32.1. The van der Waals surface area contributed by atoms with E-state index in [1.807, 2.05) is 6.92 Å². The van der Waals surface area contributed by atoms with E-state index in [4.69, 9.17) is 10.5 Å². The molecule has 1 aliphatic rings. The lowest BCUT2D eigenvalue weighted by Gasteiger charge is -2.22. The van der Waals surface area contributed by atoms with E-state index in [1.54, 1.807) is 0 Å². The number of nitrogens with two attached hydrogens (primary N) is 1. The van der Waals surface area contributed by atoms with Gasteiger partial charge in [-0.3, -0.25) is 0 Å². The zero-order valence-corrected chi connectivity index (χ0v) is 12.0. The van der Waals surface area contributed by atoms with Crippen molar-refractivity contribution in [3.8, 4) is 5.75 Å². The van der Waals surface area contributed by atoms with E-state index in [2.05, 4.69) is 21.2 Å². The molecule has 0 bridgehead atoms. The summed E-state index contributed by atoms with van der Waals surface area (Å²) in [5, 5.41) is 1.04. The van der Waals surface area contributed by atoms with Gasteiger partial charge in [0.1, 0.15) is 0 Å². The van der Waals surface area contributed by atoms with Gasteiger partial charge >= 0.3 is 0 Å². The molecule has 0 aromatic carbocycles. The van der Waals surface area contributed by atoms with Gasteiger partial charge < -0.3 is 20.3 Å². The standard InChI is InChI=1S/C12H22N4OS/c1-3-17-10-11(13)14-18-12(10)15(2)8-9-16-6-4-5-7-16/h3-9H2,1-2H3,(H2,13,14). The Kier molecular flexibility index (Phi) is 4.66. The Morgan fingerprint density at radius 1 is 1.44 bits per heavy atom. The second-order valence-corrected chi connectivity index (χ2v) is 5.36.